The van der Waals surface area contributed by atoms with Crippen LogP contribution in [0.1, 0.15) is 63.5 Å². The van der Waals surface area contributed by atoms with Crippen molar-refractivity contribution in [1.82, 2.24) is 53.4 Å². The van der Waals surface area contributed by atoms with Gasteiger partial charge in [0.05, 0.1) is 34.3 Å². The van der Waals surface area contributed by atoms with Crippen LogP contribution in [0.5, 0.6) is 5.75 Å². The Morgan fingerprint density at radius 1 is 1.13 bits per heavy atom. The second-order valence-electron chi connectivity index (χ2n) is 15.3. The summed E-state index contributed by atoms with van der Waals surface area (Å²) in [6, 6.07) is 6.61. The van der Waals surface area contributed by atoms with Crippen LogP contribution in [-0.2, 0) is 26.7 Å². The Hall–Kier alpha value is -6.06. The van der Waals surface area contributed by atoms with E-state index in [0.29, 0.717) is 41.5 Å². The monoisotopic (exact) mass is 862 g/mol. The summed E-state index contributed by atoms with van der Waals surface area (Å²) in [6.07, 6.45) is 7.52. The van der Waals surface area contributed by atoms with Crippen molar-refractivity contribution in [2.75, 3.05) is 45.6 Å². The van der Waals surface area contributed by atoms with Gasteiger partial charge >= 0.3 is 5.69 Å². The number of nitrogens with zero attached hydrogens (tertiary/aromatic N) is 9. The molecule has 1 fully saturated rings. The maximum Gasteiger partial charge on any atom is 0.329 e. The highest BCUT2D eigenvalue weighted by atomic mass is 32.2. The smallest absolute Gasteiger partial charge is 0.329 e. The van der Waals surface area contributed by atoms with Crippen LogP contribution in [-0.4, -0.2) is 115 Å². The quantitative estimate of drug-likeness (QED) is 0.111. The zero-order valence-electron chi connectivity index (χ0n) is 34.4. The van der Waals surface area contributed by atoms with E-state index in [4.69, 9.17) is 4.74 Å². The van der Waals surface area contributed by atoms with Crippen LogP contribution < -0.4 is 21.1 Å². The zero-order valence-corrected chi connectivity index (χ0v) is 35.2. The number of ether oxygens (including phenoxy) is 1. The fourth-order valence-corrected chi connectivity index (χ4v) is 8.91. The summed E-state index contributed by atoms with van der Waals surface area (Å²) >= 11 is 0. The van der Waals surface area contributed by atoms with E-state index >= 15 is 8.78 Å². The molecule has 18 nitrogen and oxygen atoms in total. The number of aryl methyl sites for hydroxylation is 1. The molecular weight excluding hydrogens is 815 g/mol. The van der Waals surface area contributed by atoms with Gasteiger partial charge in [-0.15, -0.1) is 5.10 Å². The number of likely N-dealkylation sites (tertiary alicyclic amines) is 1. The van der Waals surface area contributed by atoms with E-state index in [9.17, 15) is 22.8 Å². The first-order chi connectivity index (χ1) is 29.2. The minimum absolute atomic E-state index is 0.118. The predicted octanol–water partition coefficient (Wildman–Crippen LogP) is 4.13. The highest BCUT2D eigenvalue weighted by Gasteiger charge is 2.28. The molecule has 1 amide bonds. The van der Waals surface area contributed by atoms with Gasteiger partial charge in [-0.3, -0.25) is 19.0 Å². The van der Waals surface area contributed by atoms with Crippen molar-refractivity contribution in [3.63, 3.8) is 0 Å². The molecule has 1 unspecified atom stereocenters. The largest absolute Gasteiger partial charge is 0.485 e. The third-order valence-electron chi connectivity index (χ3n) is 11.0. The van der Waals surface area contributed by atoms with Gasteiger partial charge in [0.2, 0.25) is 27.5 Å². The van der Waals surface area contributed by atoms with Gasteiger partial charge in [-0.05, 0) is 94.9 Å². The van der Waals surface area contributed by atoms with Crippen molar-refractivity contribution >= 4 is 50.5 Å². The molecule has 1 saturated heterocycles. The van der Waals surface area contributed by atoms with Gasteiger partial charge in [-0.1, -0.05) is 6.07 Å². The van der Waals surface area contributed by atoms with E-state index < -0.39 is 38.3 Å². The zero-order chi connectivity index (χ0) is 43.6. The van der Waals surface area contributed by atoms with Gasteiger partial charge in [-0.25, -0.2) is 31.3 Å². The summed E-state index contributed by atoms with van der Waals surface area (Å²) in [5, 5.41) is 16.0. The third-order valence-corrected chi connectivity index (χ3v) is 12.8. The first-order valence-electron chi connectivity index (χ1n) is 19.9. The number of hydrogen-bond acceptors (Lipinski definition) is 12. The summed E-state index contributed by atoms with van der Waals surface area (Å²) in [4.78, 5) is 47.5. The molecule has 6 aromatic rings. The van der Waals surface area contributed by atoms with Crippen molar-refractivity contribution in [1.29, 1.82) is 0 Å². The number of rotatable bonds is 17. The van der Waals surface area contributed by atoms with Crippen LogP contribution in [0.3, 0.4) is 0 Å². The number of aromatic amines is 1. The van der Waals surface area contributed by atoms with E-state index in [0.717, 1.165) is 47.9 Å². The summed E-state index contributed by atoms with van der Waals surface area (Å²) in [6.45, 7) is 5.93. The number of amides is 1. The number of fused-ring (bicyclic) bond motifs is 2. The Labute approximate surface area is 350 Å². The van der Waals surface area contributed by atoms with E-state index in [-0.39, 0.29) is 60.4 Å². The summed E-state index contributed by atoms with van der Waals surface area (Å²) in [5.74, 6) is -2.15. The lowest BCUT2D eigenvalue weighted by molar-refractivity contribution is -0.121. The molecule has 1 atom stereocenters. The second kappa shape index (κ2) is 17.9. The number of nitrogens with one attached hydrogen (secondary N) is 3. The van der Waals surface area contributed by atoms with Crippen LogP contribution in [0.15, 0.2) is 58.7 Å². The maximum atomic E-state index is 15.5. The Morgan fingerprint density at radius 3 is 2.52 bits per heavy atom. The minimum atomic E-state index is -4.25. The highest BCUT2D eigenvalue weighted by Crippen LogP contribution is 2.34. The summed E-state index contributed by atoms with van der Waals surface area (Å²) < 4.78 is 69.3. The fourth-order valence-electron chi connectivity index (χ4n) is 7.67. The Kier molecular flexibility index (Phi) is 12.6. The standard InChI is InChI=1S/C40H48F2N12O6S/c1-24(2)60-37-35(27-20-45-46-21-27)44-23-53-38(37)48-39(49-53)47-36-30(41)18-29(19-31(36)42)61(58,59)50(4)13-6-14-52-15-11-25(12-16-52)26-7-9-32-33(17-26)51(5)40(57)54(32)28(22-55)8-10-34(56)43-3/h7,9,17-25,28H,6,8,10-16H2,1-5H3,(H,43,56)(H,45,46)(H,47,49). The molecule has 324 valence electrons. The molecule has 0 radical (unpaired) electrons. The number of imidazole rings is 1. The number of aldehydes is 1. The van der Waals surface area contributed by atoms with Crippen molar-refractivity contribution in [2.45, 2.75) is 68.9 Å². The number of hydrogen-bond donors (Lipinski definition) is 3. The van der Waals surface area contributed by atoms with Gasteiger partial charge in [0.15, 0.2) is 17.4 Å². The van der Waals surface area contributed by atoms with Gasteiger partial charge in [0.25, 0.3) is 0 Å². The molecule has 5 heterocycles. The lowest BCUT2D eigenvalue weighted by atomic mass is 9.89. The molecule has 0 aliphatic carbocycles. The number of carbonyl (C=O) groups is 2. The SMILES string of the molecule is CNC(=O)CCC(C=O)n1c(=O)n(C)c2cc(C3CCN(CCCN(C)S(=O)(=O)c4cc(F)c(Nc5nc6c(OC(C)C)c(-c7cn[nH]c7)ncn6n5)c(F)c4)CC3)ccc21. The van der Waals surface area contributed by atoms with Crippen molar-refractivity contribution in [3.8, 4) is 17.0 Å². The van der Waals surface area contributed by atoms with Crippen LogP contribution in [0.25, 0.3) is 27.9 Å². The number of carbonyl (C=O) groups excluding carboxylic acids is 2. The first kappa shape index (κ1) is 43.0. The molecular formula is C40H48F2N12O6S. The lowest BCUT2D eigenvalue weighted by Crippen LogP contribution is -2.36. The van der Waals surface area contributed by atoms with Crippen LogP contribution in [0, 0.1) is 11.6 Å². The molecule has 2 aromatic carbocycles. The van der Waals surface area contributed by atoms with Gasteiger partial charge < -0.3 is 25.1 Å². The molecule has 3 N–H and O–H groups in total. The average Bonchev–Trinajstić information content (AvgIpc) is 3.99. The molecule has 7 rings (SSSR count). The van der Waals surface area contributed by atoms with Crippen molar-refractivity contribution in [3.05, 3.63) is 76.7 Å². The van der Waals surface area contributed by atoms with Crippen LogP contribution >= 0.6 is 0 Å². The first-order valence-corrected chi connectivity index (χ1v) is 21.4. The van der Waals surface area contributed by atoms with Gasteiger partial charge in [0.1, 0.15) is 24.0 Å². The topological polar surface area (TPSA) is 207 Å². The van der Waals surface area contributed by atoms with E-state index in [1.54, 1.807) is 19.4 Å². The van der Waals surface area contributed by atoms with E-state index in [2.05, 4.69) is 40.8 Å². The Balaban J connectivity index is 0.950. The number of benzene rings is 2. The number of piperidine rings is 1. The molecule has 61 heavy (non-hydrogen) atoms. The second-order valence-corrected chi connectivity index (χ2v) is 17.4. The fraction of sp³-hybridized carbons (Fsp3) is 0.425. The number of sulfonamides is 1. The van der Waals surface area contributed by atoms with E-state index in [1.165, 1.54) is 34.1 Å². The highest BCUT2D eigenvalue weighted by molar-refractivity contribution is 7.89. The Bertz CT molecular complexity index is 2700. The molecule has 1 aliphatic heterocycles. The molecule has 21 heteroatoms. The van der Waals surface area contributed by atoms with Gasteiger partial charge in [-0.2, -0.15) is 14.6 Å². The van der Waals surface area contributed by atoms with Crippen LogP contribution in [0.2, 0.25) is 0 Å². The molecule has 0 bridgehead atoms. The normalized spacial score (nSPS) is 14.6. The number of aromatic nitrogens is 8. The van der Waals surface area contributed by atoms with Crippen molar-refractivity contribution < 1.29 is 31.5 Å². The molecule has 4 aromatic heterocycles. The summed E-state index contributed by atoms with van der Waals surface area (Å²) in [7, 11) is 0.324. The summed E-state index contributed by atoms with van der Waals surface area (Å²) in [5.41, 5.74) is 2.77. The molecule has 1 aliphatic rings. The van der Waals surface area contributed by atoms with Crippen molar-refractivity contribution in [2.24, 2.45) is 7.05 Å². The van der Waals surface area contributed by atoms with Crippen LogP contribution in [0.4, 0.5) is 20.4 Å². The number of anilines is 2. The minimum Gasteiger partial charge on any atom is -0.485 e. The number of H-pyrrole nitrogens is 1. The third kappa shape index (κ3) is 8.89. The predicted molar refractivity (Wildman–Crippen MR) is 222 cm³/mol. The lowest BCUT2D eigenvalue weighted by Gasteiger charge is -2.32. The molecule has 0 saturated carbocycles. The molecule has 0 spiro atoms. The Morgan fingerprint density at radius 2 is 1.87 bits per heavy atom. The van der Waals surface area contributed by atoms with E-state index in [1.807, 2.05) is 32.0 Å². The number of halogens is 2. The maximum absolute atomic E-state index is 15.5. The average molecular weight is 863 g/mol. The van der Waals surface area contributed by atoms with Gasteiger partial charge in [0, 0.05) is 45.9 Å².